The minimum absolute atomic E-state index is 0.0359. The van der Waals surface area contributed by atoms with Gasteiger partial charge in [0.25, 0.3) is 5.69 Å². The van der Waals surface area contributed by atoms with Crippen LogP contribution in [0.4, 0.5) is 11.4 Å². The summed E-state index contributed by atoms with van der Waals surface area (Å²) >= 11 is 0. The van der Waals surface area contributed by atoms with Crippen LogP contribution in [0.2, 0.25) is 0 Å². The summed E-state index contributed by atoms with van der Waals surface area (Å²) in [5.41, 5.74) is 0.647. The van der Waals surface area contributed by atoms with Gasteiger partial charge in [0.05, 0.1) is 17.6 Å². The molecule has 104 valence electrons. The van der Waals surface area contributed by atoms with Gasteiger partial charge in [-0.1, -0.05) is 0 Å². The molecule has 7 nitrogen and oxygen atoms in total. The third-order valence-electron chi connectivity index (χ3n) is 2.70. The maximum absolute atomic E-state index is 11.5. The van der Waals surface area contributed by atoms with E-state index < -0.39 is 10.9 Å². The fourth-order valence-electron chi connectivity index (χ4n) is 1.63. The van der Waals surface area contributed by atoms with Gasteiger partial charge in [0.1, 0.15) is 5.69 Å². The highest BCUT2D eigenvalue weighted by molar-refractivity contribution is 5.91. The predicted octanol–water partition coefficient (Wildman–Crippen LogP) is 1.04. The Labute approximate surface area is 111 Å². The summed E-state index contributed by atoms with van der Waals surface area (Å²) in [5, 5.41) is 14.0. The fourth-order valence-corrected chi connectivity index (χ4v) is 1.63. The first-order valence-electron chi connectivity index (χ1n) is 5.73. The van der Waals surface area contributed by atoms with E-state index in [0.29, 0.717) is 24.3 Å². The van der Waals surface area contributed by atoms with E-state index in [-0.39, 0.29) is 5.69 Å². The van der Waals surface area contributed by atoms with Gasteiger partial charge in [-0.2, -0.15) is 0 Å². The van der Waals surface area contributed by atoms with Crippen molar-refractivity contribution in [2.24, 2.45) is 0 Å². The number of likely N-dealkylation sites (N-methyl/N-ethyl adjacent to an activating group) is 2. The summed E-state index contributed by atoms with van der Waals surface area (Å²) in [6.07, 6.45) is 0. The number of hydrogen-bond acceptors (Lipinski definition) is 6. The van der Waals surface area contributed by atoms with Crippen molar-refractivity contribution >= 4 is 17.3 Å². The number of nitro benzene ring substituents is 1. The van der Waals surface area contributed by atoms with Crippen LogP contribution >= 0.6 is 0 Å². The van der Waals surface area contributed by atoms with Gasteiger partial charge < -0.3 is 15.0 Å². The molecule has 0 aromatic heterocycles. The second kappa shape index (κ2) is 6.69. The average molecular weight is 267 g/mol. The van der Waals surface area contributed by atoms with Crippen LogP contribution in [0.15, 0.2) is 18.2 Å². The van der Waals surface area contributed by atoms with Crippen LogP contribution in [0.1, 0.15) is 10.4 Å². The number of nitro groups is 1. The average Bonchev–Trinajstić information content (AvgIpc) is 2.42. The van der Waals surface area contributed by atoms with Gasteiger partial charge in [-0.05, 0) is 19.2 Å². The van der Waals surface area contributed by atoms with Gasteiger partial charge in [-0.3, -0.25) is 10.1 Å². The summed E-state index contributed by atoms with van der Waals surface area (Å²) in [4.78, 5) is 23.7. The Kier molecular flexibility index (Phi) is 5.25. The number of nitrogens with zero attached hydrogens (tertiary/aromatic N) is 2. The molecule has 0 amide bonds. The molecule has 0 atom stereocenters. The number of ether oxygens (including phenoxy) is 1. The Balaban J connectivity index is 3.15. The summed E-state index contributed by atoms with van der Waals surface area (Å²) < 4.78 is 4.61. The van der Waals surface area contributed by atoms with Gasteiger partial charge in [0.15, 0.2) is 0 Å². The highest BCUT2D eigenvalue weighted by Gasteiger charge is 2.19. The van der Waals surface area contributed by atoms with E-state index in [1.165, 1.54) is 25.3 Å². The van der Waals surface area contributed by atoms with E-state index in [0.717, 1.165) is 0 Å². The summed E-state index contributed by atoms with van der Waals surface area (Å²) in [6, 6.07) is 4.18. The van der Waals surface area contributed by atoms with Crippen LogP contribution < -0.4 is 10.2 Å². The Hall–Kier alpha value is -2.15. The van der Waals surface area contributed by atoms with Crippen molar-refractivity contribution in [1.82, 2.24) is 5.32 Å². The number of nitrogens with one attached hydrogen (secondary N) is 1. The molecule has 0 aliphatic rings. The first-order chi connectivity index (χ1) is 9.01. The van der Waals surface area contributed by atoms with Crippen LogP contribution in [-0.2, 0) is 4.74 Å². The van der Waals surface area contributed by atoms with Gasteiger partial charge in [0.2, 0.25) is 0 Å². The van der Waals surface area contributed by atoms with Crippen molar-refractivity contribution in [2.75, 3.05) is 39.2 Å². The lowest BCUT2D eigenvalue weighted by atomic mass is 10.1. The van der Waals surface area contributed by atoms with Crippen LogP contribution in [0.3, 0.4) is 0 Å². The highest BCUT2D eigenvalue weighted by Crippen LogP contribution is 2.28. The lowest BCUT2D eigenvalue weighted by Gasteiger charge is -2.19. The summed E-state index contributed by atoms with van der Waals surface area (Å²) in [5.74, 6) is -0.516. The largest absolute Gasteiger partial charge is 0.465 e. The quantitative estimate of drug-likeness (QED) is 0.471. The molecule has 0 spiro atoms. The van der Waals surface area contributed by atoms with E-state index in [2.05, 4.69) is 10.1 Å². The number of anilines is 1. The maximum Gasteiger partial charge on any atom is 0.337 e. The van der Waals surface area contributed by atoms with Crippen molar-refractivity contribution in [3.8, 4) is 0 Å². The molecule has 7 heteroatoms. The van der Waals surface area contributed by atoms with Crippen LogP contribution in [0.25, 0.3) is 0 Å². The van der Waals surface area contributed by atoms with Crippen molar-refractivity contribution in [2.45, 2.75) is 0 Å². The molecular weight excluding hydrogens is 250 g/mol. The van der Waals surface area contributed by atoms with Crippen LogP contribution in [0.5, 0.6) is 0 Å². The molecule has 0 saturated carbocycles. The Morgan fingerprint density at radius 2 is 2.21 bits per heavy atom. The molecule has 1 rings (SSSR count). The number of carbonyl (C=O) groups excluding carboxylic acids is 1. The van der Waals surface area contributed by atoms with Gasteiger partial charge >= 0.3 is 5.97 Å². The molecule has 0 heterocycles. The van der Waals surface area contributed by atoms with Crippen LogP contribution in [0, 0.1) is 10.1 Å². The van der Waals surface area contributed by atoms with E-state index in [1.807, 2.05) is 0 Å². The van der Waals surface area contributed by atoms with E-state index in [1.54, 1.807) is 19.0 Å². The molecule has 0 saturated heterocycles. The molecule has 19 heavy (non-hydrogen) atoms. The minimum Gasteiger partial charge on any atom is -0.465 e. The molecule has 0 aliphatic heterocycles. The predicted molar refractivity (Wildman–Crippen MR) is 71.6 cm³/mol. The number of hydrogen-bond donors (Lipinski definition) is 1. The van der Waals surface area contributed by atoms with Crippen molar-refractivity contribution < 1.29 is 14.5 Å². The first kappa shape index (κ1) is 14.9. The zero-order valence-electron chi connectivity index (χ0n) is 11.2. The maximum atomic E-state index is 11.5. The Morgan fingerprint density at radius 1 is 1.53 bits per heavy atom. The summed E-state index contributed by atoms with van der Waals surface area (Å²) in [6.45, 7) is 1.26. The van der Waals surface area contributed by atoms with E-state index in [9.17, 15) is 14.9 Å². The Bertz CT molecular complexity index is 476. The number of benzene rings is 1. The zero-order chi connectivity index (χ0) is 14.4. The lowest BCUT2D eigenvalue weighted by Crippen LogP contribution is -2.27. The smallest absolute Gasteiger partial charge is 0.337 e. The second-order valence-corrected chi connectivity index (χ2v) is 3.98. The van der Waals surface area contributed by atoms with Crippen molar-refractivity contribution in [1.29, 1.82) is 0 Å². The normalized spacial score (nSPS) is 10.1. The molecule has 0 radical (unpaired) electrons. The van der Waals surface area contributed by atoms with Crippen molar-refractivity contribution in [3.63, 3.8) is 0 Å². The van der Waals surface area contributed by atoms with Crippen LogP contribution in [-0.4, -0.2) is 45.2 Å². The molecule has 0 fully saturated rings. The van der Waals surface area contributed by atoms with Gasteiger partial charge in [-0.25, -0.2) is 4.79 Å². The standard InChI is InChI=1S/C12H17N3O4/c1-13-6-7-14(2)11-8-9(12(16)19-3)4-5-10(11)15(17)18/h4-5,8,13H,6-7H2,1-3H3. The van der Waals surface area contributed by atoms with Gasteiger partial charge in [0, 0.05) is 26.2 Å². The van der Waals surface area contributed by atoms with Crippen molar-refractivity contribution in [3.05, 3.63) is 33.9 Å². The number of methoxy groups -OCH3 is 1. The topological polar surface area (TPSA) is 84.7 Å². The number of esters is 1. The number of rotatable bonds is 6. The summed E-state index contributed by atoms with van der Waals surface area (Å²) in [7, 11) is 4.81. The highest BCUT2D eigenvalue weighted by atomic mass is 16.6. The fraction of sp³-hybridized carbons (Fsp3) is 0.417. The third kappa shape index (κ3) is 3.65. The van der Waals surface area contributed by atoms with E-state index >= 15 is 0 Å². The van der Waals surface area contributed by atoms with Gasteiger partial charge in [-0.15, -0.1) is 0 Å². The second-order valence-electron chi connectivity index (χ2n) is 3.98. The molecule has 1 aromatic rings. The SMILES string of the molecule is CNCCN(C)c1cc(C(=O)OC)ccc1[N+](=O)[O-]. The lowest BCUT2D eigenvalue weighted by molar-refractivity contribution is -0.384. The number of carbonyl (C=O) groups is 1. The Morgan fingerprint density at radius 3 is 2.74 bits per heavy atom. The zero-order valence-corrected chi connectivity index (χ0v) is 11.2. The third-order valence-corrected chi connectivity index (χ3v) is 2.70. The first-order valence-corrected chi connectivity index (χ1v) is 5.73. The minimum atomic E-state index is -0.516. The molecular formula is C12H17N3O4. The van der Waals surface area contributed by atoms with E-state index in [4.69, 9.17) is 0 Å². The molecule has 1 N–H and O–H groups in total. The molecule has 0 aliphatic carbocycles. The molecule has 0 bridgehead atoms. The molecule has 0 unspecified atom stereocenters. The monoisotopic (exact) mass is 267 g/mol. The molecule has 1 aromatic carbocycles.